The van der Waals surface area contributed by atoms with Gasteiger partial charge in [-0.3, -0.25) is 4.99 Å². The number of hydrogen-bond donors (Lipinski definition) is 2. The molecule has 2 N–H and O–H groups in total. The number of aromatic nitrogens is 2. The van der Waals surface area contributed by atoms with Gasteiger partial charge in [0.15, 0.2) is 5.96 Å². The van der Waals surface area contributed by atoms with Gasteiger partial charge in [-0.15, -0.1) is 0 Å². The summed E-state index contributed by atoms with van der Waals surface area (Å²) in [6.07, 6.45) is 6.96. The Morgan fingerprint density at radius 2 is 2.25 bits per heavy atom. The fraction of sp³-hybridized carbons (Fsp3) is 0.412. The van der Waals surface area contributed by atoms with Crippen molar-refractivity contribution < 1.29 is 4.39 Å². The summed E-state index contributed by atoms with van der Waals surface area (Å²) in [6.45, 7) is 5.08. The lowest BCUT2D eigenvalue weighted by atomic mass is 10.1. The number of imidazole rings is 1. The van der Waals surface area contributed by atoms with Crippen molar-refractivity contribution in [1.29, 1.82) is 0 Å². The number of aliphatic imine (C=N–C) groups is 1. The van der Waals surface area contributed by atoms with Crippen LogP contribution in [0.3, 0.4) is 0 Å². The van der Waals surface area contributed by atoms with E-state index in [2.05, 4.69) is 36.5 Å². The molecular formula is C17H23BrFN5. The minimum atomic E-state index is -0.168. The summed E-state index contributed by atoms with van der Waals surface area (Å²) in [5, 5.41) is 6.50. The highest BCUT2D eigenvalue weighted by Gasteiger charge is 2.03. The fourth-order valence-corrected chi connectivity index (χ4v) is 2.58. The summed E-state index contributed by atoms with van der Waals surface area (Å²) in [5.74, 6) is 0.618. The molecule has 130 valence electrons. The molecule has 0 bridgehead atoms. The topological polar surface area (TPSA) is 54.2 Å². The van der Waals surface area contributed by atoms with Crippen molar-refractivity contribution in [3.05, 3.63) is 52.8 Å². The lowest BCUT2D eigenvalue weighted by molar-refractivity contribution is 0.604. The summed E-state index contributed by atoms with van der Waals surface area (Å²) in [4.78, 5) is 8.55. The molecule has 0 amide bonds. The minimum absolute atomic E-state index is 0.168. The van der Waals surface area contributed by atoms with Crippen LogP contribution >= 0.6 is 15.9 Å². The van der Waals surface area contributed by atoms with Crippen molar-refractivity contribution >= 4 is 21.9 Å². The largest absolute Gasteiger partial charge is 0.357 e. The summed E-state index contributed by atoms with van der Waals surface area (Å²) in [6, 6.07) is 5.18. The molecule has 2 aromatic rings. The maximum atomic E-state index is 13.8. The Morgan fingerprint density at radius 3 is 2.96 bits per heavy atom. The minimum Gasteiger partial charge on any atom is -0.357 e. The Kier molecular flexibility index (Phi) is 7.74. The van der Waals surface area contributed by atoms with Gasteiger partial charge < -0.3 is 15.2 Å². The quantitative estimate of drug-likeness (QED) is 0.410. The molecule has 0 fully saturated rings. The van der Waals surface area contributed by atoms with E-state index in [0.717, 1.165) is 42.1 Å². The van der Waals surface area contributed by atoms with Crippen molar-refractivity contribution in [2.24, 2.45) is 4.99 Å². The van der Waals surface area contributed by atoms with Crippen LogP contribution in [0.15, 0.2) is 46.4 Å². The summed E-state index contributed by atoms with van der Waals surface area (Å²) in [7, 11) is 0. The number of hydrogen-bond acceptors (Lipinski definition) is 2. The van der Waals surface area contributed by atoms with Crippen molar-refractivity contribution in [2.75, 3.05) is 19.6 Å². The maximum Gasteiger partial charge on any atom is 0.191 e. The second-order valence-corrected chi connectivity index (χ2v) is 6.24. The van der Waals surface area contributed by atoms with Gasteiger partial charge in [-0.05, 0) is 37.5 Å². The highest BCUT2D eigenvalue weighted by atomic mass is 79.9. The molecule has 2 rings (SSSR count). The van der Waals surface area contributed by atoms with Gasteiger partial charge in [-0.25, -0.2) is 9.37 Å². The van der Waals surface area contributed by atoms with E-state index in [0.29, 0.717) is 13.0 Å². The Hall–Kier alpha value is -1.89. The van der Waals surface area contributed by atoms with Gasteiger partial charge in [-0.2, -0.15) is 0 Å². The Bertz CT molecular complexity index is 642. The smallest absolute Gasteiger partial charge is 0.191 e. The van der Waals surface area contributed by atoms with E-state index in [1.54, 1.807) is 12.5 Å². The number of guanidine groups is 1. The number of rotatable bonds is 8. The first-order valence-electron chi connectivity index (χ1n) is 8.11. The van der Waals surface area contributed by atoms with Gasteiger partial charge in [0.05, 0.1) is 6.33 Å². The molecule has 0 saturated heterocycles. The van der Waals surface area contributed by atoms with Crippen molar-refractivity contribution in [1.82, 2.24) is 20.2 Å². The monoisotopic (exact) mass is 395 g/mol. The van der Waals surface area contributed by atoms with Crippen LogP contribution in [0.1, 0.15) is 18.9 Å². The Balaban J connectivity index is 1.75. The molecule has 1 aromatic heterocycles. The summed E-state index contributed by atoms with van der Waals surface area (Å²) < 4.78 is 16.5. The molecule has 7 heteroatoms. The molecule has 0 radical (unpaired) electrons. The zero-order valence-corrected chi connectivity index (χ0v) is 15.4. The summed E-state index contributed by atoms with van der Waals surface area (Å²) in [5.41, 5.74) is 0.728. The third-order valence-electron chi connectivity index (χ3n) is 3.46. The SMILES string of the molecule is CCNC(=NCCCc1ccc(Br)cc1F)NCCn1ccnc1. The molecule has 0 aliphatic rings. The number of aryl methyl sites for hydroxylation is 1. The fourth-order valence-electron chi connectivity index (χ4n) is 2.25. The lowest BCUT2D eigenvalue weighted by Gasteiger charge is -2.11. The van der Waals surface area contributed by atoms with Crippen LogP contribution in [-0.2, 0) is 13.0 Å². The molecule has 0 spiro atoms. The van der Waals surface area contributed by atoms with Crippen LogP contribution in [0.25, 0.3) is 0 Å². The van der Waals surface area contributed by atoms with Crippen molar-refractivity contribution in [3.63, 3.8) is 0 Å². The molecular weight excluding hydrogens is 373 g/mol. The van der Waals surface area contributed by atoms with Gasteiger partial charge >= 0.3 is 0 Å². The normalized spacial score (nSPS) is 11.5. The molecule has 1 heterocycles. The number of halogens is 2. The second kappa shape index (κ2) is 10.1. The molecule has 0 atom stereocenters. The van der Waals surface area contributed by atoms with E-state index in [4.69, 9.17) is 0 Å². The third kappa shape index (κ3) is 6.31. The van der Waals surface area contributed by atoms with Gasteiger partial charge in [0.2, 0.25) is 0 Å². The van der Waals surface area contributed by atoms with E-state index in [1.165, 1.54) is 6.07 Å². The molecule has 0 unspecified atom stereocenters. The first-order chi connectivity index (χ1) is 11.7. The average molecular weight is 396 g/mol. The summed E-state index contributed by atoms with van der Waals surface area (Å²) >= 11 is 3.27. The van der Waals surface area contributed by atoms with Crippen molar-refractivity contribution in [3.8, 4) is 0 Å². The van der Waals surface area contributed by atoms with Crippen LogP contribution in [0.2, 0.25) is 0 Å². The average Bonchev–Trinajstić information content (AvgIpc) is 3.06. The standard InChI is InChI=1S/C17H23BrFN5/c1-2-21-17(23-9-11-24-10-8-20-13-24)22-7-3-4-14-5-6-15(18)12-16(14)19/h5-6,8,10,12-13H,2-4,7,9,11H2,1H3,(H2,21,22,23). The highest BCUT2D eigenvalue weighted by Crippen LogP contribution is 2.16. The first kappa shape index (κ1) is 18.4. The van der Waals surface area contributed by atoms with Gasteiger partial charge in [0, 0.05) is 43.0 Å². The number of nitrogens with one attached hydrogen (secondary N) is 2. The van der Waals surface area contributed by atoms with Crippen LogP contribution in [0.4, 0.5) is 4.39 Å². The predicted octanol–water partition coefficient (Wildman–Crippen LogP) is 2.97. The van der Waals surface area contributed by atoms with E-state index >= 15 is 0 Å². The highest BCUT2D eigenvalue weighted by molar-refractivity contribution is 9.10. The third-order valence-corrected chi connectivity index (χ3v) is 3.95. The Morgan fingerprint density at radius 1 is 1.38 bits per heavy atom. The molecule has 0 saturated carbocycles. The van der Waals surface area contributed by atoms with Crippen LogP contribution < -0.4 is 10.6 Å². The van der Waals surface area contributed by atoms with E-state index in [-0.39, 0.29) is 5.82 Å². The van der Waals surface area contributed by atoms with E-state index in [9.17, 15) is 4.39 Å². The molecule has 5 nitrogen and oxygen atoms in total. The Labute approximate surface area is 150 Å². The van der Waals surface area contributed by atoms with Crippen LogP contribution in [-0.4, -0.2) is 35.1 Å². The van der Waals surface area contributed by atoms with Gasteiger partial charge in [0.25, 0.3) is 0 Å². The van der Waals surface area contributed by atoms with Gasteiger partial charge in [0.1, 0.15) is 5.82 Å². The maximum absolute atomic E-state index is 13.8. The zero-order chi connectivity index (χ0) is 17.2. The molecule has 24 heavy (non-hydrogen) atoms. The van der Waals surface area contributed by atoms with Crippen LogP contribution in [0, 0.1) is 5.82 Å². The molecule has 1 aromatic carbocycles. The second-order valence-electron chi connectivity index (χ2n) is 5.33. The van der Waals surface area contributed by atoms with Crippen LogP contribution in [0.5, 0.6) is 0 Å². The van der Waals surface area contributed by atoms with Gasteiger partial charge in [-0.1, -0.05) is 22.0 Å². The molecule has 0 aliphatic heterocycles. The van der Waals surface area contributed by atoms with Crippen molar-refractivity contribution in [2.45, 2.75) is 26.3 Å². The number of benzene rings is 1. The lowest BCUT2D eigenvalue weighted by Crippen LogP contribution is -2.38. The van der Waals surface area contributed by atoms with E-state index < -0.39 is 0 Å². The first-order valence-corrected chi connectivity index (χ1v) is 8.90. The zero-order valence-electron chi connectivity index (χ0n) is 13.8. The predicted molar refractivity (Wildman–Crippen MR) is 98.6 cm³/mol. The van der Waals surface area contributed by atoms with E-state index in [1.807, 2.05) is 29.8 Å². The molecule has 0 aliphatic carbocycles. The number of nitrogens with zero attached hydrogens (tertiary/aromatic N) is 3.